The summed E-state index contributed by atoms with van der Waals surface area (Å²) in [7, 11) is -3.96. The molecule has 0 aliphatic carbocycles. The minimum Gasteiger partial charge on any atom is -0.464 e. The zero-order valence-corrected chi connectivity index (χ0v) is 12.6. The van der Waals surface area contributed by atoms with Crippen LogP contribution in [0.1, 0.15) is 6.92 Å². The van der Waals surface area contributed by atoms with Crippen molar-refractivity contribution in [2.75, 3.05) is 11.9 Å². The first-order chi connectivity index (χ1) is 9.66. The van der Waals surface area contributed by atoms with E-state index < -0.39 is 27.9 Å². The molecule has 5 N–H and O–H groups in total. The summed E-state index contributed by atoms with van der Waals surface area (Å²) in [5, 5.41) is 7.28. The van der Waals surface area contributed by atoms with Crippen molar-refractivity contribution in [3.8, 4) is 0 Å². The number of nitrogens with one attached hydrogen (secondary N) is 1. The van der Waals surface area contributed by atoms with Crippen molar-refractivity contribution in [1.82, 2.24) is 0 Å². The third-order valence-corrected chi connectivity index (χ3v) is 3.59. The maximum absolute atomic E-state index is 11.8. The standard InChI is InChI=1S/C11H14ClN3O5S/c1-2-20-11(17)9(13)10(16)15-8-5-6(21(14,18)19)3-4-7(8)12/h3-5,9H,2,13H2,1H3,(H,15,16)(H2,14,18,19). The Hall–Kier alpha value is -1.68. The van der Waals surface area contributed by atoms with Crippen LogP contribution in [0.25, 0.3) is 0 Å². The second-order valence-corrected chi connectivity index (χ2v) is 5.87. The second-order valence-electron chi connectivity index (χ2n) is 3.91. The normalized spacial score (nSPS) is 12.6. The number of carbonyl (C=O) groups is 2. The van der Waals surface area contributed by atoms with E-state index in [1.807, 2.05) is 0 Å². The molecule has 0 aromatic heterocycles. The van der Waals surface area contributed by atoms with Crippen molar-refractivity contribution in [3.05, 3.63) is 23.2 Å². The number of halogens is 1. The van der Waals surface area contributed by atoms with Crippen molar-refractivity contribution in [1.29, 1.82) is 0 Å². The van der Waals surface area contributed by atoms with Gasteiger partial charge in [0, 0.05) is 0 Å². The van der Waals surface area contributed by atoms with Crippen LogP contribution in [0.3, 0.4) is 0 Å². The summed E-state index contributed by atoms with van der Waals surface area (Å²) in [5.74, 6) is -1.80. The summed E-state index contributed by atoms with van der Waals surface area (Å²) in [5.41, 5.74) is 5.36. The van der Waals surface area contributed by atoms with Crippen LogP contribution in [0.2, 0.25) is 5.02 Å². The van der Waals surface area contributed by atoms with Crippen LogP contribution in [0, 0.1) is 0 Å². The Balaban J connectivity index is 2.97. The molecule has 0 spiro atoms. The molecule has 116 valence electrons. The van der Waals surface area contributed by atoms with E-state index in [0.717, 1.165) is 6.07 Å². The zero-order chi connectivity index (χ0) is 16.2. The Morgan fingerprint density at radius 1 is 1.43 bits per heavy atom. The van der Waals surface area contributed by atoms with Crippen LogP contribution in [-0.4, -0.2) is 32.9 Å². The summed E-state index contributed by atoms with van der Waals surface area (Å²) in [6.45, 7) is 1.64. The highest BCUT2D eigenvalue weighted by atomic mass is 35.5. The van der Waals surface area contributed by atoms with Crippen molar-refractivity contribution >= 4 is 39.2 Å². The SMILES string of the molecule is CCOC(=O)C(N)C(=O)Nc1cc(S(N)(=O)=O)ccc1Cl. The predicted molar refractivity (Wildman–Crippen MR) is 76.1 cm³/mol. The molecular weight excluding hydrogens is 322 g/mol. The number of esters is 1. The van der Waals surface area contributed by atoms with Gasteiger partial charge in [0.15, 0.2) is 6.04 Å². The maximum Gasteiger partial charge on any atom is 0.332 e. The molecule has 0 bridgehead atoms. The summed E-state index contributed by atoms with van der Waals surface area (Å²) >= 11 is 5.83. The molecule has 1 amide bonds. The summed E-state index contributed by atoms with van der Waals surface area (Å²) in [6.07, 6.45) is 0. The molecule has 1 aromatic carbocycles. The molecule has 0 saturated heterocycles. The number of carbonyl (C=O) groups excluding carboxylic acids is 2. The number of ether oxygens (including phenoxy) is 1. The van der Waals surface area contributed by atoms with E-state index in [-0.39, 0.29) is 22.2 Å². The number of anilines is 1. The Kier molecular flexibility index (Phi) is 5.67. The number of benzene rings is 1. The van der Waals surface area contributed by atoms with E-state index in [0.29, 0.717) is 0 Å². The molecular formula is C11H14ClN3O5S. The molecule has 0 fully saturated rings. The van der Waals surface area contributed by atoms with E-state index >= 15 is 0 Å². The number of hydrogen-bond acceptors (Lipinski definition) is 6. The lowest BCUT2D eigenvalue weighted by Crippen LogP contribution is -2.43. The fourth-order valence-corrected chi connectivity index (χ4v) is 2.03. The molecule has 0 radical (unpaired) electrons. The van der Waals surface area contributed by atoms with E-state index in [1.54, 1.807) is 6.92 Å². The van der Waals surface area contributed by atoms with Crippen molar-refractivity contribution in [2.24, 2.45) is 10.9 Å². The Labute approximate surface area is 126 Å². The van der Waals surface area contributed by atoms with E-state index in [4.69, 9.17) is 22.5 Å². The molecule has 0 aliphatic heterocycles. The van der Waals surface area contributed by atoms with Gasteiger partial charge in [0.1, 0.15) is 0 Å². The molecule has 1 atom stereocenters. The van der Waals surface area contributed by atoms with Gasteiger partial charge in [0.05, 0.1) is 22.2 Å². The smallest absolute Gasteiger partial charge is 0.332 e. The molecule has 1 aromatic rings. The first-order valence-corrected chi connectivity index (χ1v) is 7.64. The first kappa shape index (κ1) is 17.4. The minimum absolute atomic E-state index is 0.0343. The predicted octanol–water partition coefficient (Wildman–Crippen LogP) is -0.184. The summed E-state index contributed by atoms with van der Waals surface area (Å²) in [6, 6.07) is 1.93. The monoisotopic (exact) mass is 335 g/mol. The lowest BCUT2D eigenvalue weighted by molar-refractivity contribution is -0.146. The highest BCUT2D eigenvalue weighted by molar-refractivity contribution is 7.89. The van der Waals surface area contributed by atoms with Crippen LogP contribution in [0.15, 0.2) is 23.1 Å². The van der Waals surface area contributed by atoms with Gasteiger partial charge in [-0.1, -0.05) is 11.6 Å². The van der Waals surface area contributed by atoms with Gasteiger partial charge in [-0.25, -0.2) is 18.4 Å². The largest absolute Gasteiger partial charge is 0.464 e. The average molecular weight is 336 g/mol. The van der Waals surface area contributed by atoms with Gasteiger partial charge >= 0.3 is 5.97 Å². The molecule has 10 heteroatoms. The van der Waals surface area contributed by atoms with Crippen molar-refractivity contribution in [2.45, 2.75) is 17.9 Å². The quantitative estimate of drug-likeness (QED) is 0.503. The number of rotatable bonds is 5. The topological polar surface area (TPSA) is 142 Å². The van der Waals surface area contributed by atoms with Gasteiger partial charge in [-0.2, -0.15) is 0 Å². The number of primary sulfonamides is 1. The summed E-state index contributed by atoms with van der Waals surface area (Å²) < 4.78 is 27.1. The Bertz CT molecular complexity index is 662. The number of sulfonamides is 1. The number of amides is 1. The van der Waals surface area contributed by atoms with Crippen LogP contribution in [0.5, 0.6) is 0 Å². The number of nitrogens with two attached hydrogens (primary N) is 2. The third-order valence-electron chi connectivity index (χ3n) is 2.35. The van der Waals surface area contributed by atoms with E-state index in [9.17, 15) is 18.0 Å². The molecule has 1 unspecified atom stereocenters. The lowest BCUT2D eigenvalue weighted by atomic mass is 10.2. The Morgan fingerprint density at radius 2 is 2.05 bits per heavy atom. The molecule has 8 nitrogen and oxygen atoms in total. The third kappa shape index (κ3) is 4.67. The van der Waals surface area contributed by atoms with Gasteiger partial charge in [-0.3, -0.25) is 4.79 Å². The van der Waals surface area contributed by atoms with Crippen LogP contribution < -0.4 is 16.2 Å². The van der Waals surface area contributed by atoms with Gasteiger partial charge in [-0.15, -0.1) is 0 Å². The molecule has 0 aliphatic rings. The van der Waals surface area contributed by atoms with E-state index in [1.165, 1.54) is 12.1 Å². The minimum atomic E-state index is -3.96. The summed E-state index contributed by atoms with van der Waals surface area (Å²) in [4.78, 5) is 22.9. The zero-order valence-electron chi connectivity index (χ0n) is 11.0. The Morgan fingerprint density at radius 3 is 2.57 bits per heavy atom. The van der Waals surface area contributed by atoms with Crippen molar-refractivity contribution < 1.29 is 22.7 Å². The fourth-order valence-electron chi connectivity index (χ4n) is 1.33. The first-order valence-electron chi connectivity index (χ1n) is 5.72. The van der Waals surface area contributed by atoms with Gasteiger partial charge < -0.3 is 15.8 Å². The van der Waals surface area contributed by atoms with Crippen LogP contribution in [-0.2, 0) is 24.3 Å². The van der Waals surface area contributed by atoms with Crippen LogP contribution in [0.4, 0.5) is 5.69 Å². The highest BCUT2D eigenvalue weighted by Gasteiger charge is 2.24. The molecule has 0 saturated carbocycles. The van der Waals surface area contributed by atoms with Gasteiger partial charge in [-0.05, 0) is 25.1 Å². The maximum atomic E-state index is 11.8. The van der Waals surface area contributed by atoms with Gasteiger partial charge in [0.25, 0.3) is 5.91 Å². The molecule has 0 heterocycles. The second kappa shape index (κ2) is 6.85. The molecule has 21 heavy (non-hydrogen) atoms. The van der Waals surface area contributed by atoms with Crippen molar-refractivity contribution in [3.63, 3.8) is 0 Å². The van der Waals surface area contributed by atoms with Gasteiger partial charge in [0.2, 0.25) is 10.0 Å². The van der Waals surface area contributed by atoms with E-state index in [2.05, 4.69) is 10.1 Å². The fraction of sp³-hybridized carbons (Fsp3) is 0.273. The average Bonchev–Trinajstić information content (AvgIpc) is 2.39. The molecule has 1 rings (SSSR count). The highest BCUT2D eigenvalue weighted by Crippen LogP contribution is 2.24. The number of hydrogen-bond donors (Lipinski definition) is 3. The van der Waals surface area contributed by atoms with Crippen LogP contribution >= 0.6 is 11.6 Å². The lowest BCUT2D eigenvalue weighted by Gasteiger charge is -2.12.